The van der Waals surface area contributed by atoms with Gasteiger partial charge >= 0.3 is 0 Å². The quantitative estimate of drug-likeness (QED) is 0.741. The molecule has 0 radical (unpaired) electrons. The average molecular weight is 333 g/mol. The van der Waals surface area contributed by atoms with Crippen LogP contribution in [0.4, 0.5) is 0 Å². The zero-order valence-corrected chi connectivity index (χ0v) is 12.8. The highest BCUT2D eigenvalue weighted by atomic mass is 35.5. The Labute approximate surface area is 136 Å². The largest absolute Gasteiger partial charge is 0.454 e. The number of nitrogens with one attached hydrogen (secondary N) is 1. The molecule has 3 aromatic rings. The van der Waals surface area contributed by atoms with Crippen molar-refractivity contribution < 1.29 is 9.47 Å². The number of fused-ring (bicyclic) bond motifs is 2. The summed E-state index contributed by atoms with van der Waals surface area (Å²) in [4.78, 5) is 7.64. The number of hydrogen-bond acceptors (Lipinski definition) is 3. The number of benzene rings is 2. The predicted octanol–water partition coefficient (Wildman–Crippen LogP) is 4.68. The molecule has 22 heavy (non-hydrogen) atoms. The fourth-order valence-corrected chi connectivity index (χ4v) is 2.84. The van der Waals surface area contributed by atoms with Crippen molar-refractivity contribution >= 4 is 45.3 Å². The molecular formula is C16H10Cl2N2O2. The topological polar surface area (TPSA) is 47.1 Å². The van der Waals surface area contributed by atoms with Gasteiger partial charge in [0, 0.05) is 0 Å². The van der Waals surface area contributed by atoms with E-state index in [1.165, 1.54) is 0 Å². The Morgan fingerprint density at radius 3 is 2.95 bits per heavy atom. The third kappa shape index (κ3) is 2.30. The van der Waals surface area contributed by atoms with E-state index in [4.69, 9.17) is 32.7 Å². The molecule has 1 N–H and O–H groups in total. The molecule has 0 unspecified atom stereocenters. The van der Waals surface area contributed by atoms with E-state index in [1.54, 1.807) is 12.1 Å². The van der Waals surface area contributed by atoms with Crippen LogP contribution < -0.4 is 9.47 Å². The monoisotopic (exact) mass is 332 g/mol. The van der Waals surface area contributed by atoms with Crippen LogP contribution in [-0.4, -0.2) is 16.8 Å². The molecule has 4 rings (SSSR count). The first-order valence-corrected chi connectivity index (χ1v) is 7.38. The highest BCUT2D eigenvalue weighted by Crippen LogP contribution is 2.40. The molecule has 110 valence electrons. The van der Waals surface area contributed by atoms with Gasteiger partial charge < -0.3 is 14.5 Å². The minimum atomic E-state index is 0.180. The molecule has 6 heteroatoms. The Morgan fingerprint density at radius 2 is 2.09 bits per heavy atom. The summed E-state index contributed by atoms with van der Waals surface area (Å²) in [5.41, 5.74) is 2.63. The normalized spacial score (nSPS) is 13.8. The van der Waals surface area contributed by atoms with Gasteiger partial charge in [0.1, 0.15) is 5.82 Å². The molecular weight excluding hydrogens is 323 g/mol. The zero-order chi connectivity index (χ0) is 15.1. The first-order chi connectivity index (χ1) is 10.7. The van der Waals surface area contributed by atoms with E-state index >= 15 is 0 Å². The SMILES string of the molecule is Cl/C(=C/c1cc(Cl)c2c(c1)OCO2)c1nc2ccccc2[nH]1. The van der Waals surface area contributed by atoms with Crippen LogP contribution in [0.15, 0.2) is 36.4 Å². The van der Waals surface area contributed by atoms with E-state index in [0.717, 1.165) is 16.6 Å². The van der Waals surface area contributed by atoms with Crippen molar-refractivity contribution in [1.29, 1.82) is 0 Å². The van der Waals surface area contributed by atoms with Crippen molar-refractivity contribution in [2.45, 2.75) is 0 Å². The van der Waals surface area contributed by atoms with E-state index in [9.17, 15) is 0 Å². The maximum atomic E-state index is 6.37. The van der Waals surface area contributed by atoms with Crippen molar-refractivity contribution in [2.75, 3.05) is 6.79 Å². The third-order valence-corrected chi connectivity index (χ3v) is 3.93. The highest BCUT2D eigenvalue weighted by molar-refractivity contribution is 6.50. The molecule has 1 aliphatic rings. The van der Waals surface area contributed by atoms with Gasteiger partial charge in [0.15, 0.2) is 11.5 Å². The van der Waals surface area contributed by atoms with E-state index in [-0.39, 0.29) is 6.79 Å². The van der Waals surface area contributed by atoms with Gasteiger partial charge in [-0.15, -0.1) is 0 Å². The van der Waals surface area contributed by atoms with Gasteiger partial charge in [0.25, 0.3) is 0 Å². The summed E-state index contributed by atoms with van der Waals surface area (Å²) in [7, 11) is 0. The maximum absolute atomic E-state index is 6.37. The van der Waals surface area contributed by atoms with Gasteiger partial charge in [-0.3, -0.25) is 0 Å². The molecule has 0 spiro atoms. The van der Waals surface area contributed by atoms with Gasteiger partial charge in [-0.05, 0) is 35.9 Å². The summed E-state index contributed by atoms with van der Waals surface area (Å²) in [5.74, 6) is 1.79. The van der Waals surface area contributed by atoms with Crippen molar-refractivity contribution in [3.63, 3.8) is 0 Å². The lowest BCUT2D eigenvalue weighted by Gasteiger charge is -2.02. The van der Waals surface area contributed by atoms with Gasteiger partial charge in [-0.1, -0.05) is 35.3 Å². The maximum Gasteiger partial charge on any atom is 0.231 e. The summed E-state index contributed by atoms with van der Waals surface area (Å²) in [6.07, 6.45) is 1.78. The van der Waals surface area contributed by atoms with Crippen LogP contribution in [0, 0.1) is 0 Å². The molecule has 1 aromatic heterocycles. The second kappa shape index (κ2) is 5.23. The number of rotatable bonds is 2. The minimum Gasteiger partial charge on any atom is -0.454 e. The average Bonchev–Trinajstić information content (AvgIpc) is 3.13. The zero-order valence-electron chi connectivity index (χ0n) is 11.3. The van der Waals surface area contributed by atoms with Crippen molar-refractivity contribution in [3.05, 3.63) is 52.8 Å². The smallest absolute Gasteiger partial charge is 0.231 e. The van der Waals surface area contributed by atoms with Crippen molar-refractivity contribution in [3.8, 4) is 11.5 Å². The van der Waals surface area contributed by atoms with Crippen LogP contribution in [0.5, 0.6) is 11.5 Å². The number of halogens is 2. The summed E-state index contributed by atoms with van der Waals surface area (Å²) < 4.78 is 10.6. The standard InChI is InChI=1S/C16H10Cl2N2O2/c17-10-5-9(7-14-15(10)22-8-21-14)6-11(18)16-19-12-3-1-2-4-13(12)20-16/h1-7H,8H2,(H,19,20)/b11-6+. The second-order valence-corrected chi connectivity index (χ2v) is 5.65. The van der Waals surface area contributed by atoms with E-state index in [1.807, 2.05) is 30.3 Å². The second-order valence-electron chi connectivity index (χ2n) is 4.83. The van der Waals surface area contributed by atoms with E-state index in [2.05, 4.69) is 9.97 Å². The molecule has 0 atom stereocenters. The fourth-order valence-electron chi connectivity index (χ4n) is 2.35. The Hall–Kier alpha value is -2.17. The molecule has 1 aliphatic heterocycles. The number of para-hydroxylation sites is 2. The molecule has 0 saturated carbocycles. The summed E-state index contributed by atoms with van der Waals surface area (Å²) >= 11 is 12.5. The van der Waals surface area contributed by atoms with Crippen molar-refractivity contribution in [1.82, 2.24) is 9.97 Å². The predicted molar refractivity (Wildman–Crippen MR) is 87.4 cm³/mol. The van der Waals surface area contributed by atoms with Crippen molar-refractivity contribution in [2.24, 2.45) is 0 Å². The number of aromatic amines is 1. The molecule has 0 aliphatic carbocycles. The van der Waals surface area contributed by atoms with E-state index < -0.39 is 0 Å². The molecule has 0 bridgehead atoms. The number of H-pyrrole nitrogens is 1. The molecule has 0 amide bonds. The van der Waals surface area contributed by atoms with Crippen LogP contribution in [0.2, 0.25) is 5.02 Å². The Balaban J connectivity index is 1.74. The lowest BCUT2D eigenvalue weighted by atomic mass is 10.2. The van der Waals surface area contributed by atoms with Gasteiger partial charge in [-0.2, -0.15) is 0 Å². The van der Waals surface area contributed by atoms with Gasteiger partial charge in [-0.25, -0.2) is 4.98 Å². The Bertz CT molecular complexity index is 869. The molecule has 2 heterocycles. The minimum absolute atomic E-state index is 0.180. The van der Waals surface area contributed by atoms with E-state index in [0.29, 0.717) is 27.4 Å². The summed E-state index contributed by atoms with van der Waals surface area (Å²) in [5, 5.41) is 0.987. The van der Waals surface area contributed by atoms with Gasteiger partial charge in [0.2, 0.25) is 6.79 Å². The first-order valence-electron chi connectivity index (χ1n) is 6.62. The highest BCUT2D eigenvalue weighted by Gasteiger charge is 2.18. The molecule has 4 nitrogen and oxygen atoms in total. The Morgan fingerprint density at radius 1 is 1.23 bits per heavy atom. The third-order valence-electron chi connectivity index (χ3n) is 3.36. The van der Waals surface area contributed by atoms with Crippen LogP contribution in [0.3, 0.4) is 0 Å². The summed E-state index contributed by atoms with van der Waals surface area (Å²) in [6, 6.07) is 11.4. The number of nitrogens with zero attached hydrogens (tertiary/aromatic N) is 1. The molecule has 0 fully saturated rings. The Kier molecular flexibility index (Phi) is 3.21. The van der Waals surface area contributed by atoms with Crippen LogP contribution >= 0.6 is 23.2 Å². The number of ether oxygens (including phenoxy) is 2. The number of hydrogen-bond donors (Lipinski definition) is 1. The first kappa shape index (κ1) is 13.5. The lowest BCUT2D eigenvalue weighted by Crippen LogP contribution is -1.93. The molecule has 0 saturated heterocycles. The van der Waals surface area contributed by atoms with Crippen LogP contribution in [-0.2, 0) is 0 Å². The summed E-state index contributed by atoms with van der Waals surface area (Å²) in [6.45, 7) is 0.180. The van der Waals surface area contributed by atoms with Crippen LogP contribution in [0.25, 0.3) is 22.1 Å². The number of imidazole rings is 1. The lowest BCUT2D eigenvalue weighted by molar-refractivity contribution is 0.174. The molecule has 2 aromatic carbocycles. The fraction of sp³-hybridized carbons (Fsp3) is 0.0625. The van der Waals surface area contributed by atoms with Crippen LogP contribution in [0.1, 0.15) is 11.4 Å². The van der Waals surface area contributed by atoms with Gasteiger partial charge in [0.05, 0.1) is 21.1 Å². The number of aromatic nitrogens is 2.